The van der Waals surface area contributed by atoms with Crippen molar-refractivity contribution < 1.29 is 13.7 Å². The van der Waals surface area contributed by atoms with E-state index < -0.39 is 18.7 Å². The molecule has 1 amide bonds. The summed E-state index contributed by atoms with van der Waals surface area (Å²) in [6.45, 7) is -1.02. The lowest BCUT2D eigenvalue weighted by molar-refractivity contribution is -0.120. The Kier molecular flexibility index (Phi) is 1.13. The minimum Gasteiger partial charge on any atom is -0.329 e. The van der Waals surface area contributed by atoms with Crippen LogP contribution < -0.4 is 4.90 Å². The van der Waals surface area contributed by atoms with Crippen LogP contribution >= 0.6 is 0 Å². The van der Waals surface area contributed by atoms with Gasteiger partial charge in [-0.25, -0.2) is 4.98 Å². The van der Waals surface area contributed by atoms with Gasteiger partial charge in [-0.2, -0.15) is 0 Å². The van der Waals surface area contributed by atoms with Gasteiger partial charge in [0.15, 0.2) is 11.6 Å². The molecule has 1 unspecified atom stereocenters. The first-order valence-corrected chi connectivity index (χ1v) is 4.14. The van der Waals surface area contributed by atoms with Gasteiger partial charge in [-0.3, -0.25) is 14.5 Å². The van der Waals surface area contributed by atoms with Gasteiger partial charge in [0.2, 0.25) is 5.91 Å². The first-order chi connectivity index (χ1) is 7.75. The van der Waals surface area contributed by atoms with E-state index in [4.69, 9.17) is 4.11 Å². The molecule has 5 heteroatoms. The van der Waals surface area contributed by atoms with Gasteiger partial charge >= 0.3 is 0 Å². The summed E-state index contributed by atoms with van der Waals surface area (Å²) >= 11 is 0. The average Bonchev–Trinajstić information content (AvgIpc) is 2.67. The zero-order valence-electron chi connectivity index (χ0n) is 10.8. The van der Waals surface area contributed by atoms with Crippen LogP contribution in [0.4, 0.5) is 5.82 Å². The number of carbonyl (C=O) groups is 2. The molecule has 0 saturated heterocycles. The Morgan fingerprint density at radius 1 is 1.57 bits per heavy atom. The molecule has 0 N–H and O–H groups in total. The topological polar surface area (TPSA) is 55.2 Å². The van der Waals surface area contributed by atoms with E-state index >= 15 is 0 Å². The van der Waals surface area contributed by atoms with Crippen molar-refractivity contribution in [2.24, 2.45) is 12.9 Å². The zero-order valence-corrected chi connectivity index (χ0v) is 7.81. The van der Waals surface area contributed by atoms with Crippen molar-refractivity contribution in [2.75, 3.05) is 11.9 Å². The third-order valence-corrected chi connectivity index (χ3v) is 2.39. The summed E-state index contributed by atoms with van der Waals surface area (Å²) in [5, 5.41) is 0. The number of Topliss-reactive ketones (excluding diaryl/α,β-unsaturated/α-hetero) is 1. The van der Waals surface area contributed by atoms with Crippen molar-refractivity contribution in [3.05, 3.63) is 12.0 Å². The average molecular weight is 196 g/mol. The van der Waals surface area contributed by atoms with E-state index in [1.807, 2.05) is 0 Å². The van der Waals surface area contributed by atoms with Crippen molar-refractivity contribution in [1.82, 2.24) is 9.55 Å². The smallest absolute Gasteiger partial charge is 0.238 e. The highest BCUT2D eigenvalue weighted by atomic mass is 16.2. The van der Waals surface area contributed by atoms with Crippen LogP contribution in [0.5, 0.6) is 0 Å². The zero-order chi connectivity index (χ0) is 13.0. The quantitative estimate of drug-likeness (QED) is 0.557. The number of aromatic nitrogens is 2. The summed E-state index contributed by atoms with van der Waals surface area (Å²) in [7, 11) is 1.47. The highest BCUT2D eigenvalue weighted by Crippen LogP contribution is 2.27. The summed E-state index contributed by atoms with van der Waals surface area (Å²) in [5.41, 5.74) is -0.0281. The molecule has 14 heavy (non-hydrogen) atoms. The maximum absolute atomic E-state index is 11.9. The summed E-state index contributed by atoms with van der Waals surface area (Å²) < 4.78 is 22.7. The third-order valence-electron chi connectivity index (χ3n) is 2.39. The van der Waals surface area contributed by atoms with Crippen molar-refractivity contribution in [2.45, 2.75) is 6.92 Å². The summed E-state index contributed by atoms with van der Waals surface area (Å²) in [6, 6.07) is 0. The lowest BCUT2D eigenvalue weighted by atomic mass is 9.98. The number of amides is 1. The number of imidazole rings is 1. The van der Waals surface area contributed by atoms with Gasteiger partial charge in [0, 0.05) is 18.1 Å². The minimum atomic E-state index is -2.48. The molecule has 0 bridgehead atoms. The number of fused-ring (bicyclic) bond motifs is 1. The van der Waals surface area contributed by atoms with Crippen LogP contribution in [0, 0.1) is 5.92 Å². The lowest BCUT2D eigenvalue weighted by Crippen LogP contribution is -2.41. The number of anilines is 1. The number of hydrogen-bond donors (Lipinski definition) is 0. The molecule has 2 rings (SSSR count). The van der Waals surface area contributed by atoms with Crippen LogP contribution in [0.15, 0.2) is 6.33 Å². The van der Waals surface area contributed by atoms with Crippen LogP contribution in [0.2, 0.25) is 0 Å². The van der Waals surface area contributed by atoms with E-state index in [-0.39, 0.29) is 17.4 Å². The first kappa shape index (κ1) is 5.95. The third kappa shape index (κ3) is 0.921. The molecule has 0 radical (unpaired) electrons. The molecular formula is C9H11N3O2. The van der Waals surface area contributed by atoms with Crippen LogP contribution in [-0.4, -0.2) is 28.3 Å². The Labute approximate surface area is 85.6 Å². The Hall–Kier alpha value is -1.65. The Bertz CT molecular complexity index is 506. The van der Waals surface area contributed by atoms with Crippen LogP contribution in [0.1, 0.15) is 21.5 Å². The Balaban J connectivity index is 2.65. The molecule has 1 aromatic heterocycles. The number of carbonyl (C=O) groups excluding carboxylic acids is 2. The lowest BCUT2D eigenvalue weighted by Gasteiger charge is -2.25. The first-order valence-electron chi connectivity index (χ1n) is 5.64. The molecule has 0 fully saturated rings. The second kappa shape index (κ2) is 2.67. The van der Waals surface area contributed by atoms with Gasteiger partial charge in [0.25, 0.3) is 0 Å². The van der Waals surface area contributed by atoms with Gasteiger partial charge in [-0.1, -0.05) is 0 Å². The van der Waals surface area contributed by atoms with Gasteiger partial charge in [0.1, 0.15) is 11.6 Å². The number of rotatable bonds is 0. The normalized spacial score (nSPS) is 25.4. The van der Waals surface area contributed by atoms with E-state index in [0.717, 1.165) is 10.9 Å². The molecule has 1 atom stereocenters. The van der Waals surface area contributed by atoms with Gasteiger partial charge < -0.3 is 4.57 Å². The second-order valence-corrected chi connectivity index (χ2v) is 3.27. The fourth-order valence-electron chi connectivity index (χ4n) is 1.53. The highest BCUT2D eigenvalue weighted by Gasteiger charge is 2.37. The van der Waals surface area contributed by atoms with Crippen LogP contribution in [0.3, 0.4) is 0 Å². The predicted molar refractivity (Wildman–Crippen MR) is 50.1 cm³/mol. The highest BCUT2D eigenvalue weighted by molar-refractivity contribution is 6.19. The molecule has 0 aliphatic carbocycles. The summed E-state index contributed by atoms with van der Waals surface area (Å²) in [4.78, 5) is 28.7. The van der Waals surface area contributed by atoms with Crippen molar-refractivity contribution in [3.8, 4) is 0 Å². The molecule has 1 aliphatic heterocycles. The van der Waals surface area contributed by atoms with Gasteiger partial charge in [-0.15, -0.1) is 0 Å². The fourth-order valence-corrected chi connectivity index (χ4v) is 1.53. The van der Waals surface area contributed by atoms with Crippen molar-refractivity contribution in [3.63, 3.8) is 0 Å². The summed E-state index contributed by atoms with van der Waals surface area (Å²) in [5.74, 6) is -1.64. The fraction of sp³-hybridized carbons (Fsp3) is 0.444. The van der Waals surface area contributed by atoms with Crippen molar-refractivity contribution >= 4 is 17.5 Å². The number of aryl methyl sites for hydroxylation is 1. The standard InChI is InChI=1S/C9H11N3O2/c1-5-7(13)6-8(10-4-11(6)2)12(3)9(5)14/h4-5H,1-3H3/i2D3. The maximum atomic E-state index is 11.9. The Morgan fingerprint density at radius 3 is 2.93 bits per heavy atom. The Morgan fingerprint density at radius 2 is 2.29 bits per heavy atom. The molecule has 74 valence electrons. The van der Waals surface area contributed by atoms with Crippen LogP contribution in [0.25, 0.3) is 0 Å². The summed E-state index contributed by atoms with van der Waals surface area (Å²) in [6.07, 6.45) is 1.07. The van der Waals surface area contributed by atoms with E-state index in [9.17, 15) is 9.59 Å². The SMILES string of the molecule is [2H]C([2H])([2H])n1cnc2c1C(=O)C(C)C(=O)N2C. The monoisotopic (exact) mass is 196 g/mol. The number of ketones is 1. The van der Waals surface area contributed by atoms with Crippen LogP contribution in [-0.2, 0) is 11.8 Å². The molecule has 5 nitrogen and oxygen atoms in total. The number of hydrogen-bond acceptors (Lipinski definition) is 3. The van der Waals surface area contributed by atoms with E-state index in [0.29, 0.717) is 0 Å². The van der Waals surface area contributed by atoms with Gasteiger partial charge in [-0.05, 0) is 6.92 Å². The maximum Gasteiger partial charge on any atom is 0.238 e. The van der Waals surface area contributed by atoms with E-state index in [1.165, 1.54) is 18.9 Å². The molecular weight excluding hydrogens is 182 g/mol. The second-order valence-electron chi connectivity index (χ2n) is 3.27. The van der Waals surface area contributed by atoms with Crippen molar-refractivity contribution in [1.29, 1.82) is 0 Å². The molecule has 0 spiro atoms. The van der Waals surface area contributed by atoms with E-state index in [2.05, 4.69) is 4.98 Å². The number of nitrogens with zero attached hydrogens (tertiary/aromatic N) is 3. The minimum absolute atomic E-state index is 0.0281. The largest absolute Gasteiger partial charge is 0.329 e. The molecule has 1 aromatic rings. The predicted octanol–water partition coefficient (Wildman–Crippen LogP) is 0.215. The molecule has 1 aliphatic rings. The van der Waals surface area contributed by atoms with Gasteiger partial charge in [0.05, 0.1) is 6.33 Å². The molecule has 0 saturated carbocycles. The molecule has 0 aromatic carbocycles. The van der Waals surface area contributed by atoms with E-state index in [1.54, 1.807) is 0 Å². The molecule has 2 heterocycles.